The van der Waals surface area contributed by atoms with Crippen molar-refractivity contribution in [2.24, 2.45) is 11.8 Å². The minimum absolute atomic E-state index is 0.101. The van der Waals surface area contributed by atoms with Gasteiger partial charge in [0, 0.05) is 25.7 Å². The molecule has 5 atom stereocenters. The second kappa shape index (κ2) is 67.4. The summed E-state index contributed by atoms with van der Waals surface area (Å²) in [4.78, 5) is 72.8. The first-order chi connectivity index (χ1) is 45.9. The first-order valence-electron chi connectivity index (χ1n) is 38.8. The lowest BCUT2D eigenvalue weighted by Crippen LogP contribution is -2.30. The van der Waals surface area contributed by atoms with Crippen molar-refractivity contribution < 1.29 is 80.2 Å². The predicted molar refractivity (Wildman–Crippen MR) is 386 cm³/mol. The number of hydrogen-bond acceptors (Lipinski definition) is 15. The molecule has 0 spiro atoms. The molecule has 0 fully saturated rings. The Kier molecular flexibility index (Phi) is 65.6. The van der Waals surface area contributed by atoms with Gasteiger partial charge in [-0.05, 0) is 63.2 Å². The molecule has 0 rings (SSSR count). The monoisotopic (exact) mass is 1390 g/mol. The van der Waals surface area contributed by atoms with Gasteiger partial charge in [-0.1, -0.05) is 316 Å². The lowest BCUT2D eigenvalue weighted by atomic mass is 10.0. The van der Waals surface area contributed by atoms with Gasteiger partial charge in [-0.15, -0.1) is 0 Å². The number of allylic oxidation sites excluding steroid dienone is 4. The molecular weight excluding hydrogens is 1250 g/mol. The number of ether oxygens (including phenoxy) is 4. The van der Waals surface area contributed by atoms with Crippen molar-refractivity contribution in [3.63, 3.8) is 0 Å². The van der Waals surface area contributed by atoms with E-state index >= 15 is 0 Å². The largest absolute Gasteiger partial charge is 0.472 e. The Hall–Kier alpha value is -2.46. The zero-order valence-corrected chi connectivity index (χ0v) is 63.2. The van der Waals surface area contributed by atoms with Gasteiger partial charge in [0.2, 0.25) is 0 Å². The molecule has 0 bridgehead atoms. The maximum atomic E-state index is 13.1. The van der Waals surface area contributed by atoms with E-state index in [1.807, 2.05) is 0 Å². The van der Waals surface area contributed by atoms with Crippen LogP contribution >= 0.6 is 15.6 Å². The average molecular weight is 1390 g/mol. The molecule has 0 saturated heterocycles. The summed E-state index contributed by atoms with van der Waals surface area (Å²) in [6, 6.07) is 0. The van der Waals surface area contributed by atoms with Gasteiger partial charge in [-0.2, -0.15) is 0 Å². The maximum absolute atomic E-state index is 13.1. The number of rotatable bonds is 73. The van der Waals surface area contributed by atoms with E-state index in [1.165, 1.54) is 161 Å². The number of phosphoric ester groups is 2. The SMILES string of the molecule is CCCCCC/C=C\C=C/CCCCCCCC(=O)OC[C@H](COP(=O)(O)OC[C@@H](O)COP(=O)(O)OC[C@@H](COC(=O)CCCCCCCCCC(C)C)OC(=O)CCCCCCCCCCCCCC)OC(=O)CCCCCCCCCCCCCCCCCC(C)C. The summed E-state index contributed by atoms with van der Waals surface area (Å²) in [5.41, 5.74) is 0. The van der Waals surface area contributed by atoms with Crippen molar-refractivity contribution in [1.29, 1.82) is 0 Å². The number of aliphatic hydroxyl groups is 1. The van der Waals surface area contributed by atoms with Crippen LogP contribution in [-0.2, 0) is 65.4 Å². The number of phosphoric acid groups is 2. The Labute approximate surface area is 580 Å². The highest BCUT2D eigenvalue weighted by Gasteiger charge is 2.30. The number of carbonyl (C=O) groups is 4. The Morgan fingerprint density at radius 1 is 0.326 bits per heavy atom. The summed E-state index contributed by atoms with van der Waals surface area (Å²) in [7, 11) is -9.92. The first-order valence-corrected chi connectivity index (χ1v) is 41.8. The lowest BCUT2D eigenvalue weighted by Gasteiger charge is -2.21. The topological polar surface area (TPSA) is 237 Å². The Balaban J connectivity index is 5.27. The third-order valence-corrected chi connectivity index (χ3v) is 19.0. The minimum Gasteiger partial charge on any atom is -0.462 e. The Bertz CT molecular complexity index is 1930. The van der Waals surface area contributed by atoms with E-state index in [9.17, 15) is 43.2 Å². The standard InChI is InChI=1S/C76H144O17P2/c1-7-9-11-13-15-17-19-21-23-27-31-34-40-46-52-58-73(78)86-64-71(92-76(81)61-55-49-42-36-32-28-25-22-24-26-29-33-38-44-50-56-68(3)4)66-90-94(82,83)88-62-70(77)63-89-95(84,85)91-67-72(65-87-74(79)59-53-47-43-37-39-45-51-57-69(5)6)93-75(80)60-54-48-41-35-30-20-18-16-14-12-10-8-2/h17,19,21,23,68-72,77H,7-16,18,20,22,24-67H2,1-6H3,(H,82,83)(H,84,85)/b19-17-,23-21-/t70-,71-,72-/m1/s1. The summed E-state index contributed by atoms with van der Waals surface area (Å²) >= 11 is 0. The van der Waals surface area contributed by atoms with Gasteiger partial charge < -0.3 is 33.8 Å². The van der Waals surface area contributed by atoms with Crippen LogP contribution in [0.3, 0.4) is 0 Å². The third kappa shape index (κ3) is 69.8. The summed E-state index contributed by atoms with van der Waals surface area (Å²) < 4.78 is 68.5. The number of hydrogen-bond donors (Lipinski definition) is 3. The number of esters is 4. The molecule has 0 aromatic carbocycles. The van der Waals surface area contributed by atoms with Crippen LogP contribution in [0.4, 0.5) is 0 Å². The van der Waals surface area contributed by atoms with Crippen molar-refractivity contribution in [2.45, 2.75) is 387 Å². The molecule has 0 amide bonds. The van der Waals surface area contributed by atoms with E-state index in [4.69, 9.17) is 37.0 Å². The van der Waals surface area contributed by atoms with E-state index in [-0.39, 0.29) is 25.7 Å². The van der Waals surface area contributed by atoms with Gasteiger partial charge in [-0.25, -0.2) is 9.13 Å². The second-order valence-corrected chi connectivity index (χ2v) is 30.6. The molecular formula is C76H144O17P2. The molecule has 95 heavy (non-hydrogen) atoms. The van der Waals surface area contributed by atoms with Crippen molar-refractivity contribution in [3.8, 4) is 0 Å². The van der Waals surface area contributed by atoms with Crippen molar-refractivity contribution in [2.75, 3.05) is 39.6 Å². The molecule has 0 saturated carbocycles. The van der Waals surface area contributed by atoms with Crippen molar-refractivity contribution in [1.82, 2.24) is 0 Å². The fraction of sp³-hybridized carbons (Fsp3) is 0.895. The van der Waals surface area contributed by atoms with Gasteiger partial charge in [0.25, 0.3) is 0 Å². The first kappa shape index (κ1) is 92.5. The predicted octanol–water partition coefficient (Wildman–Crippen LogP) is 21.9. The quantitative estimate of drug-likeness (QED) is 0.0169. The third-order valence-electron chi connectivity index (χ3n) is 17.1. The van der Waals surface area contributed by atoms with Gasteiger partial charge in [0.1, 0.15) is 19.3 Å². The van der Waals surface area contributed by atoms with Crippen LogP contribution in [0.25, 0.3) is 0 Å². The molecule has 0 aliphatic carbocycles. The molecule has 0 aromatic rings. The highest BCUT2D eigenvalue weighted by Crippen LogP contribution is 2.45. The lowest BCUT2D eigenvalue weighted by molar-refractivity contribution is -0.161. The number of aliphatic hydroxyl groups excluding tert-OH is 1. The maximum Gasteiger partial charge on any atom is 0.472 e. The Morgan fingerprint density at radius 2 is 0.568 bits per heavy atom. The van der Waals surface area contributed by atoms with Crippen LogP contribution in [0, 0.1) is 11.8 Å². The van der Waals surface area contributed by atoms with E-state index in [0.717, 1.165) is 121 Å². The van der Waals surface area contributed by atoms with Crippen LogP contribution in [-0.4, -0.2) is 96.7 Å². The molecule has 3 N–H and O–H groups in total. The van der Waals surface area contributed by atoms with E-state index in [2.05, 4.69) is 65.8 Å². The van der Waals surface area contributed by atoms with E-state index in [1.54, 1.807) is 0 Å². The molecule has 19 heteroatoms. The molecule has 0 aliphatic heterocycles. The molecule has 560 valence electrons. The fourth-order valence-corrected chi connectivity index (χ4v) is 12.7. The minimum atomic E-state index is -4.96. The number of unbranched alkanes of at least 4 members (excludes halogenated alkanes) is 40. The van der Waals surface area contributed by atoms with Crippen LogP contribution < -0.4 is 0 Å². The Morgan fingerprint density at radius 3 is 0.863 bits per heavy atom. The smallest absolute Gasteiger partial charge is 0.462 e. The second-order valence-electron chi connectivity index (χ2n) is 27.7. The summed E-state index contributed by atoms with van der Waals surface area (Å²) in [6.07, 6.45) is 57.7. The van der Waals surface area contributed by atoms with Crippen LogP contribution in [0.1, 0.15) is 369 Å². The number of carbonyl (C=O) groups excluding carboxylic acids is 4. The van der Waals surface area contributed by atoms with Crippen molar-refractivity contribution >= 4 is 39.5 Å². The summed E-state index contributed by atoms with van der Waals surface area (Å²) in [5, 5.41) is 10.6. The zero-order chi connectivity index (χ0) is 70.0. The fourth-order valence-electron chi connectivity index (χ4n) is 11.1. The normalized spacial score (nSPS) is 14.2. The van der Waals surface area contributed by atoms with Gasteiger partial charge in [0.15, 0.2) is 12.2 Å². The average Bonchev–Trinajstić information content (AvgIpc) is 1.46. The van der Waals surface area contributed by atoms with Gasteiger partial charge >= 0.3 is 39.5 Å². The highest BCUT2D eigenvalue weighted by atomic mass is 31.2. The summed E-state index contributed by atoms with van der Waals surface area (Å²) in [6.45, 7) is 9.50. The summed E-state index contributed by atoms with van der Waals surface area (Å²) in [5.74, 6) is -0.642. The highest BCUT2D eigenvalue weighted by molar-refractivity contribution is 7.47. The molecule has 0 aliphatic rings. The van der Waals surface area contributed by atoms with Gasteiger partial charge in [-0.3, -0.25) is 37.3 Å². The molecule has 0 aromatic heterocycles. The zero-order valence-electron chi connectivity index (χ0n) is 61.5. The molecule has 0 heterocycles. The van der Waals surface area contributed by atoms with Gasteiger partial charge in [0.05, 0.1) is 26.4 Å². The van der Waals surface area contributed by atoms with E-state index in [0.29, 0.717) is 31.6 Å². The van der Waals surface area contributed by atoms with E-state index < -0.39 is 97.5 Å². The van der Waals surface area contributed by atoms with Crippen molar-refractivity contribution in [3.05, 3.63) is 24.3 Å². The molecule has 2 unspecified atom stereocenters. The van der Waals surface area contributed by atoms with Crippen LogP contribution in [0.5, 0.6) is 0 Å². The van der Waals surface area contributed by atoms with Crippen LogP contribution in [0.15, 0.2) is 24.3 Å². The molecule has 0 radical (unpaired) electrons. The van der Waals surface area contributed by atoms with Crippen LogP contribution in [0.2, 0.25) is 0 Å². The molecule has 17 nitrogen and oxygen atoms in total.